The fraction of sp³-hybridized carbons (Fsp3) is 0.619. The molecule has 1 aromatic heterocycles. The van der Waals surface area contributed by atoms with Gasteiger partial charge in [0.15, 0.2) is 0 Å². The first-order valence-corrected chi connectivity index (χ1v) is 11.4. The molecule has 1 aromatic carbocycles. The summed E-state index contributed by atoms with van der Waals surface area (Å²) in [5.74, 6) is 0.753. The molecule has 1 atom stereocenters. The second-order valence-electron chi connectivity index (χ2n) is 9.11. The van der Waals surface area contributed by atoms with Gasteiger partial charge in [0.05, 0.1) is 6.10 Å². The largest absolute Gasteiger partial charge is 0.393 e. The Morgan fingerprint density at radius 2 is 1.89 bits per heavy atom. The molecule has 1 spiro atoms. The lowest BCUT2D eigenvalue weighted by Crippen LogP contribution is -2.51. The highest BCUT2D eigenvalue weighted by Crippen LogP contribution is 2.48. The molecule has 148 valence electrons. The van der Waals surface area contributed by atoms with Crippen LogP contribution in [0.4, 0.5) is 11.6 Å². The van der Waals surface area contributed by atoms with Gasteiger partial charge in [-0.05, 0) is 80.0 Å². The summed E-state index contributed by atoms with van der Waals surface area (Å²) < 4.78 is 2.32. The zero-order chi connectivity index (χ0) is 18.7. The summed E-state index contributed by atoms with van der Waals surface area (Å²) >= 11 is 1.63. The van der Waals surface area contributed by atoms with Crippen LogP contribution in [0.1, 0.15) is 54.4 Å². The molecule has 6 nitrogen and oxygen atoms in total. The van der Waals surface area contributed by atoms with Gasteiger partial charge in [-0.15, -0.1) is 5.10 Å². The average Bonchev–Trinajstić information content (AvgIpc) is 3.41. The SMILES string of the molecule is OC1CCC2(C1)CN(Sc1n[nH]c(Nc3c4c(cc5c3CCC5)CCC4)n1)C2. The molecule has 7 heteroatoms. The number of hydrogen-bond acceptors (Lipinski definition) is 6. The molecule has 0 amide bonds. The molecule has 1 unspecified atom stereocenters. The van der Waals surface area contributed by atoms with E-state index in [0.717, 1.165) is 43.5 Å². The van der Waals surface area contributed by atoms with Crippen molar-refractivity contribution in [3.05, 3.63) is 28.3 Å². The van der Waals surface area contributed by atoms with Crippen LogP contribution in [-0.4, -0.2) is 43.8 Å². The van der Waals surface area contributed by atoms with Gasteiger partial charge in [0, 0.05) is 36.1 Å². The van der Waals surface area contributed by atoms with Gasteiger partial charge < -0.3 is 10.4 Å². The van der Waals surface area contributed by atoms with Gasteiger partial charge in [0.1, 0.15) is 0 Å². The van der Waals surface area contributed by atoms with E-state index in [-0.39, 0.29) is 6.10 Å². The van der Waals surface area contributed by atoms with Crippen molar-refractivity contribution in [2.24, 2.45) is 5.41 Å². The van der Waals surface area contributed by atoms with Crippen LogP contribution in [0, 0.1) is 5.41 Å². The molecule has 1 aliphatic heterocycles. The smallest absolute Gasteiger partial charge is 0.225 e. The second kappa shape index (κ2) is 6.47. The molecule has 6 rings (SSSR count). The molecule has 1 saturated carbocycles. The van der Waals surface area contributed by atoms with Crippen LogP contribution in [0.2, 0.25) is 0 Å². The summed E-state index contributed by atoms with van der Waals surface area (Å²) in [6, 6.07) is 2.46. The fourth-order valence-corrected chi connectivity index (χ4v) is 6.90. The van der Waals surface area contributed by atoms with Crippen LogP contribution in [-0.2, 0) is 25.7 Å². The Hall–Kier alpha value is -1.57. The van der Waals surface area contributed by atoms with E-state index in [9.17, 15) is 5.11 Å². The van der Waals surface area contributed by atoms with E-state index in [1.54, 1.807) is 11.9 Å². The Bertz CT molecular complexity index is 888. The van der Waals surface area contributed by atoms with Crippen LogP contribution in [0.5, 0.6) is 0 Å². The number of hydrogen-bond donors (Lipinski definition) is 3. The minimum atomic E-state index is -0.0965. The number of anilines is 2. The third-order valence-corrected chi connectivity index (χ3v) is 7.95. The maximum absolute atomic E-state index is 9.82. The molecule has 1 saturated heterocycles. The maximum atomic E-state index is 9.82. The maximum Gasteiger partial charge on any atom is 0.225 e. The van der Waals surface area contributed by atoms with Crippen LogP contribution < -0.4 is 5.32 Å². The Kier molecular flexibility index (Phi) is 4.00. The van der Waals surface area contributed by atoms with Crippen molar-refractivity contribution in [2.45, 2.75) is 69.0 Å². The zero-order valence-electron chi connectivity index (χ0n) is 16.1. The van der Waals surface area contributed by atoms with Crippen molar-refractivity contribution in [1.82, 2.24) is 19.5 Å². The number of benzene rings is 1. The number of fused-ring (bicyclic) bond motifs is 2. The highest BCUT2D eigenvalue weighted by Gasteiger charge is 2.48. The molecule has 3 N–H and O–H groups in total. The molecular formula is C21H27N5OS. The van der Waals surface area contributed by atoms with Crippen LogP contribution in [0.3, 0.4) is 0 Å². The van der Waals surface area contributed by atoms with Crippen molar-refractivity contribution in [1.29, 1.82) is 0 Å². The second-order valence-corrected chi connectivity index (χ2v) is 10.2. The molecule has 0 bridgehead atoms. The number of H-pyrrole nitrogens is 1. The highest BCUT2D eigenvalue weighted by molar-refractivity contribution is 7.96. The number of nitrogens with zero attached hydrogens (tertiary/aromatic N) is 3. The lowest BCUT2D eigenvalue weighted by atomic mass is 9.80. The van der Waals surface area contributed by atoms with E-state index in [2.05, 4.69) is 25.9 Å². The summed E-state index contributed by atoms with van der Waals surface area (Å²) in [6.45, 7) is 2.07. The quantitative estimate of drug-likeness (QED) is 0.687. The number of nitrogens with one attached hydrogen (secondary N) is 2. The van der Waals surface area contributed by atoms with Gasteiger partial charge in [0.2, 0.25) is 11.1 Å². The number of rotatable bonds is 4. The van der Waals surface area contributed by atoms with Crippen LogP contribution in [0.15, 0.2) is 11.2 Å². The molecule has 3 aliphatic carbocycles. The van der Waals surface area contributed by atoms with Gasteiger partial charge in [-0.25, -0.2) is 9.40 Å². The number of aliphatic hydroxyl groups is 1. The van der Waals surface area contributed by atoms with Crippen molar-refractivity contribution < 1.29 is 5.11 Å². The molecule has 2 heterocycles. The highest BCUT2D eigenvalue weighted by atomic mass is 32.2. The van der Waals surface area contributed by atoms with Crippen molar-refractivity contribution in [2.75, 3.05) is 18.4 Å². The van der Waals surface area contributed by atoms with E-state index in [1.165, 1.54) is 66.5 Å². The summed E-state index contributed by atoms with van der Waals surface area (Å²) in [5.41, 5.74) is 7.70. The van der Waals surface area contributed by atoms with E-state index in [4.69, 9.17) is 4.98 Å². The Balaban J connectivity index is 1.16. The zero-order valence-corrected chi connectivity index (χ0v) is 16.9. The van der Waals surface area contributed by atoms with Crippen LogP contribution >= 0.6 is 11.9 Å². The predicted octanol–water partition coefficient (Wildman–Crippen LogP) is 3.38. The van der Waals surface area contributed by atoms with Crippen molar-refractivity contribution >= 4 is 23.6 Å². The molecule has 2 fully saturated rings. The minimum Gasteiger partial charge on any atom is -0.393 e. The third-order valence-electron chi connectivity index (χ3n) is 7.09. The van der Waals surface area contributed by atoms with Crippen molar-refractivity contribution in [3.8, 4) is 0 Å². The molecule has 28 heavy (non-hydrogen) atoms. The lowest BCUT2D eigenvalue weighted by molar-refractivity contribution is 0.0663. The Morgan fingerprint density at radius 3 is 2.57 bits per heavy atom. The monoisotopic (exact) mass is 397 g/mol. The first kappa shape index (κ1) is 17.3. The Labute approximate surface area is 169 Å². The fourth-order valence-electron chi connectivity index (χ4n) is 5.77. The lowest BCUT2D eigenvalue weighted by Gasteiger charge is -2.46. The number of aliphatic hydroxyl groups excluding tert-OH is 1. The van der Waals surface area contributed by atoms with Gasteiger partial charge >= 0.3 is 0 Å². The first-order valence-electron chi connectivity index (χ1n) is 10.6. The molecular weight excluding hydrogens is 370 g/mol. The van der Waals surface area contributed by atoms with Gasteiger partial charge in [-0.1, -0.05) is 6.07 Å². The Morgan fingerprint density at radius 1 is 1.14 bits per heavy atom. The van der Waals surface area contributed by atoms with E-state index in [0.29, 0.717) is 5.41 Å². The molecule has 4 aliphatic rings. The minimum absolute atomic E-state index is 0.0965. The van der Waals surface area contributed by atoms with E-state index >= 15 is 0 Å². The number of aromatic nitrogens is 3. The van der Waals surface area contributed by atoms with E-state index in [1.807, 2.05) is 0 Å². The predicted molar refractivity (Wildman–Crippen MR) is 110 cm³/mol. The average molecular weight is 398 g/mol. The topological polar surface area (TPSA) is 77.1 Å². The standard InChI is InChI=1S/C21H27N5OS/c27-15-7-8-21(10-15)11-26(12-21)28-20-23-19(24-25-20)22-18-16-5-1-3-13(16)9-14-4-2-6-17(14)18/h9,15,27H,1-8,10-12H2,(H2,22,23,24,25). The normalized spacial score (nSPS) is 25.1. The summed E-state index contributed by atoms with van der Waals surface area (Å²) in [7, 11) is 0. The summed E-state index contributed by atoms with van der Waals surface area (Å²) in [5, 5.41) is 21.7. The van der Waals surface area contributed by atoms with Gasteiger partial charge in [-0.3, -0.25) is 0 Å². The molecule has 0 radical (unpaired) electrons. The summed E-state index contributed by atoms with van der Waals surface area (Å²) in [6.07, 6.45) is 10.2. The van der Waals surface area contributed by atoms with Crippen LogP contribution in [0.25, 0.3) is 0 Å². The summed E-state index contributed by atoms with van der Waals surface area (Å²) in [4.78, 5) is 4.70. The molecule has 2 aromatic rings. The van der Waals surface area contributed by atoms with E-state index < -0.39 is 0 Å². The first-order chi connectivity index (χ1) is 13.7. The number of aromatic amines is 1. The van der Waals surface area contributed by atoms with Crippen molar-refractivity contribution in [3.63, 3.8) is 0 Å². The third kappa shape index (κ3) is 2.86. The van der Waals surface area contributed by atoms with Gasteiger partial charge in [-0.2, -0.15) is 4.98 Å². The number of aryl methyl sites for hydroxylation is 2. The van der Waals surface area contributed by atoms with Gasteiger partial charge in [0.25, 0.3) is 0 Å².